The molecule has 0 radical (unpaired) electrons. The molecule has 2 rings (SSSR count). The molecule has 1 aromatic carbocycles. The van der Waals surface area contributed by atoms with Gasteiger partial charge in [-0.25, -0.2) is 4.98 Å². The van der Waals surface area contributed by atoms with E-state index in [2.05, 4.69) is 4.98 Å². The quantitative estimate of drug-likeness (QED) is 0.912. The first-order valence-electron chi connectivity index (χ1n) is 5.28. The average molecular weight is 254 g/mol. The smallest absolute Gasteiger partial charge is 0.307 e. The van der Waals surface area contributed by atoms with E-state index in [1.165, 1.54) is 0 Å². The van der Waals surface area contributed by atoms with Crippen molar-refractivity contribution in [1.82, 2.24) is 4.98 Å². The summed E-state index contributed by atoms with van der Waals surface area (Å²) >= 11 is 5.97. The van der Waals surface area contributed by atoms with Gasteiger partial charge in [0.2, 0.25) is 0 Å². The zero-order valence-electron chi connectivity index (χ0n) is 9.48. The number of para-hydroxylation sites is 1. The number of aliphatic carboxylic acids is 1. The molecule has 2 atom stereocenters. The molecule has 0 aliphatic rings. The highest BCUT2D eigenvalue weighted by atomic mass is 35.5. The third kappa shape index (κ3) is 2.13. The Morgan fingerprint density at radius 1 is 1.47 bits per heavy atom. The number of halogens is 1. The first-order chi connectivity index (χ1) is 8.00. The van der Waals surface area contributed by atoms with Crippen LogP contribution in [0.3, 0.4) is 0 Å². The topological polar surface area (TPSA) is 63.3 Å². The molecule has 90 valence electrons. The number of hydrogen-bond acceptors (Lipinski definition) is 3. The maximum Gasteiger partial charge on any atom is 0.307 e. The Morgan fingerprint density at radius 3 is 2.76 bits per heavy atom. The summed E-state index contributed by atoms with van der Waals surface area (Å²) in [6.07, 6.45) is 0. The fraction of sp³-hybridized carbons (Fsp3) is 0.333. The molecule has 0 saturated heterocycles. The second kappa shape index (κ2) is 4.37. The lowest BCUT2D eigenvalue weighted by molar-refractivity contribution is -0.141. The van der Waals surface area contributed by atoms with Crippen LogP contribution in [0.5, 0.6) is 0 Å². The molecule has 2 aromatic rings. The molecular weight excluding hydrogens is 242 g/mol. The van der Waals surface area contributed by atoms with Crippen LogP contribution in [-0.4, -0.2) is 16.1 Å². The molecule has 1 aromatic heterocycles. The van der Waals surface area contributed by atoms with Crippen molar-refractivity contribution in [2.75, 3.05) is 0 Å². The van der Waals surface area contributed by atoms with Gasteiger partial charge in [-0.3, -0.25) is 4.79 Å². The Morgan fingerprint density at radius 2 is 2.18 bits per heavy atom. The minimum absolute atomic E-state index is 0.295. The number of fused-ring (bicyclic) bond motifs is 1. The van der Waals surface area contributed by atoms with E-state index < -0.39 is 11.9 Å². The summed E-state index contributed by atoms with van der Waals surface area (Å²) < 4.78 is 5.53. The van der Waals surface area contributed by atoms with Crippen molar-refractivity contribution in [2.24, 2.45) is 5.92 Å². The van der Waals surface area contributed by atoms with Crippen molar-refractivity contribution < 1.29 is 14.3 Å². The van der Waals surface area contributed by atoms with Gasteiger partial charge in [-0.05, 0) is 12.1 Å². The molecule has 4 nitrogen and oxygen atoms in total. The number of oxazole rings is 1. The van der Waals surface area contributed by atoms with Crippen LogP contribution in [0.2, 0.25) is 5.02 Å². The molecule has 1 heterocycles. The molecule has 0 fully saturated rings. The monoisotopic (exact) mass is 253 g/mol. The molecule has 0 aliphatic heterocycles. The SMILES string of the molecule is CC(C(=O)O)C(C)c1nc2cccc(Cl)c2o1. The lowest BCUT2D eigenvalue weighted by Crippen LogP contribution is -2.16. The Kier molecular flexibility index (Phi) is 3.07. The zero-order valence-corrected chi connectivity index (χ0v) is 10.2. The highest BCUT2D eigenvalue weighted by Gasteiger charge is 2.25. The van der Waals surface area contributed by atoms with Crippen LogP contribution in [0.1, 0.15) is 25.7 Å². The van der Waals surface area contributed by atoms with Crippen molar-refractivity contribution in [2.45, 2.75) is 19.8 Å². The third-order valence-corrected chi connectivity index (χ3v) is 3.21. The van der Waals surface area contributed by atoms with E-state index in [0.29, 0.717) is 22.0 Å². The zero-order chi connectivity index (χ0) is 12.6. The lowest BCUT2D eigenvalue weighted by atomic mass is 9.96. The average Bonchev–Trinajstić information content (AvgIpc) is 2.72. The normalized spacial score (nSPS) is 14.8. The minimum Gasteiger partial charge on any atom is -0.481 e. The van der Waals surface area contributed by atoms with Gasteiger partial charge >= 0.3 is 5.97 Å². The van der Waals surface area contributed by atoms with Gasteiger partial charge in [-0.2, -0.15) is 0 Å². The third-order valence-electron chi connectivity index (χ3n) is 2.91. The summed E-state index contributed by atoms with van der Waals surface area (Å²) in [5, 5.41) is 9.43. The molecule has 0 aliphatic carbocycles. The Balaban J connectivity index is 2.43. The van der Waals surface area contributed by atoms with Gasteiger partial charge in [0.05, 0.1) is 10.9 Å². The summed E-state index contributed by atoms with van der Waals surface area (Å²) in [5.41, 5.74) is 1.16. The molecule has 1 N–H and O–H groups in total. The van der Waals surface area contributed by atoms with Crippen molar-refractivity contribution in [3.05, 3.63) is 29.1 Å². The maximum atomic E-state index is 10.9. The van der Waals surface area contributed by atoms with Gasteiger partial charge in [-0.15, -0.1) is 0 Å². The van der Waals surface area contributed by atoms with Crippen LogP contribution in [-0.2, 0) is 4.79 Å². The van der Waals surface area contributed by atoms with Gasteiger partial charge in [0.25, 0.3) is 0 Å². The fourth-order valence-corrected chi connectivity index (χ4v) is 1.76. The van der Waals surface area contributed by atoms with Crippen LogP contribution in [0.15, 0.2) is 22.6 Å². The number of benzene rings is 1. The molecule has 0 amide bonds. The van der Waals surface area contributed by atoms with E-state index in [4.69, 9.17) is 21.1 Å². The van der Waals surface area contributed by atoms with Crippen LogP contribution in [0.25, 0.3) is 11.1 Å². The highest BCUT2D eigenvalue weighted by Crippen LogP contribution is 2.30. The molecule has 0 spiro atoms. The van der Waals surface area contributed by atoms with E-state index in [-0.39, 0.29) is 5.92 Å². The van der Waals surface area contributed by atoms with Crippen molar-refractivity contribution >= 4 is 28.7 Å². The van der Waals surface area contributed by atoms with Crippen LogP contribution in [0.4, 0.5) is 0 Å². The molecule has 5 heteroatoms. The molecule has 17 heavy (non-hydrogen) atoms. The second-order valence-corrected chi connectivity index (χ2v) is 4.46. The number of carbonyl (C=O) groups is 1. The number of hydrogen-bond donors (Lipinski definition) is 1. The minimum atomic E-state index is -0.870. The molecule has 0 saturated carbocycles. The maximum absolute atomic E-state index is 10.9. The van der Waals surface area contributed by atoms with E-state index in [9.17, 15) is 4.79 Å². The Bertz CT molecular complexity index is 564. The van der Waals surface area contributed by atoms with Gasteiger partial charge in [-0.1, -0.05) is 31.5 Å². The molecular formula is C12H12ClNO3. The Labute approximate surface area is 103 Å². The lowest BCUT2D eigenvalue weighted by Gasteiger charge is -2.11. The van der Waals surface area contributed by atoms with E-state index in [0.717, 1.165) is 0 Å². The highest BCUT2D eigenvalue weighted by molar-refractivity contribution is 6.34. The van der Waals surface area contributed by atoms with Crippen molar-refractivity contribution in [1.29, 1.82) is 0 Å². The number of aromatic nitrogens is 1. The first-order valence-corrected chi connectivity index (χ1v) is 5.66. The predicted molar refractivity (Wildman–Crippen MR) is 64.2 cm³/mol. The van der Waals surface area contributed by atoms with E-state index in [1.807, 2.05) is 0 Å². The number of carboxylic acid groups (broad SMARTS) is 1. The largest absolute Gasteiger partial charge is 0.481 e. The fourth-order valence-electron chi connectivity index (χ4n) is 1.56. The summed E-state index contributed by atoms with van der Waals surface area (Å²) in [6.45, 7) is 3.40. The van der Waals surface area contributed by atoms with E-state index >= 15 is 0 Å². The van der Waals surface area contributed by atoms with Gasteiger partial charge in [0.1, 0.15) is 5.52 Å². The summed E-state index contributed by atoms with van der Waals surface area (Å²) in [6, 6.07) is 5.28. The van der Waals surface area contributed by atoms with Crippen LogP contribution in [0, 0.1) is 5.92 Å². The van der Waals surface area contributed by atoms with Crippen LogP contribution < -0.4 is 0 Å². The standard InChI is InChI=1S/C12H12ClNO3/c1-6(7(2)12(15)16)11-14-9-5-3-4-8(13)10(9)17-11/h3-7H,1-2H3,(H,15,16). The van der Waals surface area contributed by atoms with E-state index in [1.54, 1.807) is 32.0 Å². The number of rotatable bonds is 3. The Hall–Kier alpha value is -1.55. The summed E-state index contributed by atoms with van der Waals surface area (Å²) in [5.74, 6) is -1.31. The number of nitrogens with zero attached hydrogens (tertiary/aromatic N) is 1. The second-order valence-electron chi connectivity index (χ2n) is 4.06. The first kappa shape index (κ1) is 11.9. The van der Waals surface area contributed by atoms with Crippen LogP contribution >= 0.6 is 11.6 Å². The molecule has 2 unspecified atom stereocenters. The van der Waals surface area contributed by atoms with Gasteiger partial charge in [0, 0.05) is 5.92 Å². The summed E-state index contributed by atoms with van der Waals surface area (Å²) in [7, 11) is 0. The molecule has 0 bridgehead atoms. The number of carboxylic acids is 1. The van der Waals surface area contributed by atoms with Gasteiger partial charge in [0.15, 0.2) is 11.5 Å². The van der Waals surface area contributed by atoms with Crippen molar-refractivity contribution in [3.63, 3.8) is 0 Å². The predicted octanol–water partition coefficient (Wildman–Crippen LogP) is 3.31. The van der Waals surface area contributed by atoms with Crippen molar-refractivity contribution in [3.8, 4) is 0 Å². The summed E-state index contributed by atoms with van der Waals surface area (Å²) in [4.78, 5) is 15.2. The van der Waals surface area contributed by atoms with Gasteiger partial charge < -0.3 is 9.52 Å².